The van der Waals surface area contributed by atoms with Crippen molar-refractivity contribution in [2.75, 3.05) is 23.3 Å². The quantitative estimate of drug-likeness (QED) is 0.631. The summed E-state index contributed by atoms with van der Waals surface area (Å²) in [5.74, 6) is 0.136. The van der Waals surface area contributed by atoms with E-state index in [1.165, 1.54) is 17.5 Å². The maximum Gasteiger partial charge on any atom is 0.277 e. The summed E-state index contributed by atoms with van der Waals surface area (Å²) in [4.78, 5) is 28.6. The molecule has 1 N–H and O–H groups in total. The van der Waals surface area contributed by atoms with Crippen LogP contribution in [0.25, 0.3) is 0 Å². The number of nitrogens with zero attached hydrogens (tertiary/aromatic N) is 4. The van der Waals surface area contributed by atoms with Crippen molar-refractivity contribution < 1.29 is 4.79 Å². The van der Waals surface area contributed by atoms with Gasteiger partial charge < -0.3 is 4.90 Å². The Morgan fingerprint density at radius 2 is 1.89 bits per heavy atom. The molecule has 1 aromatic carbocycles. The van der Waals surface area contributed by atoms with Crippen LogP contribution in [0.1, 0.15) is 33.8 Å². The van der Waals surface area contributed by atoms with Crippen molar-refractivity contribution in [2.24, 2.45) is 0 Å². The van der Waals surface area contributed by atoms with Gasteiger partial charge >= 0.3 is 0 Å². The van der Waals surface area contributed by atoms with E-state index < -0.39 is 5.91 Å². The second kappa shape index (κ2) is 8.43. The molecule has 0 atom stereocenters. The SMILES string of the molecule is O=C(Nc1ncc(Cc2ccccc2Cl)s1)c1nc(N2CCCC2)ncc1Cl. The van der Waals surface area contributed by atoms with Crippen molar-refractivity contribution >= 4 is 51.5 Å². The van der Waals surface area contributed by atoms with E-state index in [-0.39, 0.29) is 10.7 Å². The number of carbonyl (C=O) groups excluding carboxylic acids is 1. The molecule has 144 valence electrons. The minimum absolute atomic E-state index is 0.154. The summed E-state index contributed by atoms with van der Waals surface area (Å²) in [6.45, 7) is 1.78. The van der Waals surface area contributed by atoms with E-state index in [0.717, 1.165) is 36.4 Å². The molecule has 1 aliphatic heterocycles. The Morgan fingerprint density at radius 3 is 2.68 bits per heavy atom. The van der Waals surface area contributed by atoms with Gasteiger partial charge in [0.2, 0.25) is 5.95 Å². The van der Waals surface area contributed by atoms with Crippen LogP contribution in [0.2, 0.25) is 10.0 Å². The Kier molecular flexibility index (Phi) is 5.75. The lowest BCUT2D eigenvalue weighted by Gasteiger charge is -2.15. The average molecular weight is 434 g/mol. The molecule has 9 heteroatoms. The summed E-state index contributed by atoms with van der Waals surface area (Å²) in [7, 11) is 0. The van der Waals surface area contributed by atoms with Gasteiger partial charge in [0.25, 0.3) is 5.91 Å². The van der Waals surface area contributed by atoms with Gasteiger partial charge in [-0.25, -0.2) is 15.0 Å². The number of amides is 1. The fourth-order valence-electron chi connectivity index (χ4n) is 3.02. The number of nitrogens with one attached hydrogen (secondary N) is 1. The molecule has 1 saturated heterocycles. The van der Waals surface area contributed by atoms with Crippen molar-refractivity contribution in [3.8, 4) is 0 Å². The minimum atomic E-state index is -0.397. The fourth-order valence-corrected chi connectivity index (χ4v) is 4.23. The number of carbonyl (C=O) groups is 1. The zero-order valence-corrected chi connectivity index (χ0v) is 17.2. The minimum Gasteiger partial charge on any atom is -0.341 e. The van der Waals surface area contributed by atoms with Gasteiger partial charge in [-0.2, -0.15) is 0 Å². The Morgan fingerprint density at radius 1 is 1.11 bits per heavy atom. The summed E-state index contributed by atoms with van der Waals surface area (Å²) >= 11 is 13.8. The van der Waals surface area contributed by atoms with Crippen molar-refractivity contribution in [1.82, 2.24) is 15.0 Å². The highest BCUT2D eigenvalue weighted by molar-refractivity contribution is 7.15. The van der Waals surface area contributed by atoms with Crippen LogP contribution in [0, 0.1) is 0 Å². The van der Waals surface area contributed by atoms with Crippen LogP contribution in [-0.2, 0) is 6.42 Å². The molecule has 6 nitrogen and oxygen atoms in total. The largest absolute Gasteiger partial charge is 0.341 e. The van der Waals surface area contributed by atoms with E-state index in [1.54, 1.807) is 6.20 Å². The van der Waals surface area contributed by atoms with Gasteiger partial charge in [-0.15, -0.1) is 11.3 Å². The standard InChI is InChI=1S/C19H17Cl2N5OS/c20-14-6-2-1-5-12(14)9-13-10-23-19(28-13)25-17(27)16-15(21)11-22-18(24-16)26-7-3-4-8-26/h1-2,5-6,10-11H,3-4,7-9H2,(H,23,25,27). The highest BCUT2D eigenvalue weighted by Crippen LogP contribution is 2.26. The zero-order chi connectivity index (χ0) is 19.5. The molecule has 1 aliphatic rings. The van der Waals surface area contributed by atoms with Crippen molar-refractivity contribution in [3.05, 3.63) is 62.8 Å². The second-order valence-corrected chi connectivity index (χ2v) is 8.34. The third-order valence-electron chi connectivity index (χ3n) is 4.43. The Balaban J connectivity index is 1.47. The van der Waals surface area contributed by atoms with Crippen LogP contribution in [0.15, 0.2) is 36.7 Å². The summed E-state index contributed by atoms with van der Waals surface area (Å²) in [6, 6.07) is 7.67. The average Bonchev–Trinajstić information content (AvgIpc) is 3.36. The number of thiazole rings is 1. The number of benzene rings is 1. The molecule has 0 spiro atoms. The summed E-state index contributed by atoms with van der Waals surface area (Å²) < 4.78 is 0. The van der Waals surface area contributed by atoms with Gasteiger partial charge in [0.05, 0.1) is 11.2 Å². The van der Waals surface area contributed by atoms with Crippen LogP contribution in [-0.4, -0.2) is 33.9 Å². The van der Waals surface area contributed by atoms with E-state index in [9.17, 15) is 4.79 Å². The Hall–Kier alpha value is -2.22. The van der Waals surface area contributed by atoms with Crippen molar-refractivity contribution in [1.29, 1.82) is 0 Å². The number of halogens is 2. The predicted octanol–water partition coefficient (Wildman–Crippen LogP) is 4.68. The first kappa shape index (κ1) is 19.1. The van der Waals surface area contributed by atoms with Gasteiger partial charge in [-0.3, -0.25) is 10.1 Å². The monoisotopic (exact) mass is 433 g/mol. The third-order valence-corrected chi connectivity index (χ3v) is 5.99. The molecular weight excluding hydrogens is 417 g/mol. The third kappa shape index (κ3) is 4.27. The number of aromatic nitrogens is 3. The maximum atomic E-state index is 12.7. The molecular formula is C19H17Cl2N5OS. The van der Waals surface area contributed by atoms with Gasteiger partial charge in [-0.05, 0) is 24.5 Å². The smallest absolute Gasteiger partial charge is 0.277 e. The van der Waals surface area contributed by atoms with Crippen LogP contribution >= 0.6 is 34.5 Å². The van der Waals surface area contributed by atoms with E-state index in [0.29, 0.717) is 22.5 Å². The van der Waals surface area contributed by atoms with Crippen LogP contribution in [0.4, 0.5) is 11.1 Å². The zero-order valence-electron chi connectivity index (χ0n) is 14.9. The van der Waals surface area contributed by atoms with Gasteiger partial charge in [0.15, 0.2) is 10.8 Å². The van der Waals surface area contributed by atoms with Gasteiger partial charge in [0, 0.05) is 35.6 Å². The number of hydrogen-bond donors (Lipinski definition) is 1. The van der Waals surface area contributed by atoms with Crippen LogP contribution in [0.3, 0.4) is 0 Å². The predicted molar refractivity (Wildman–Crippen MR) is 113 cm³/mol. The first-order chi connectivity index (χ1) is 13.6. The van der Waals surface area contributed by atoms with Crippen LogP contribution < -0.4 is 10.2 Å². The van der Waals surface area contributed by atoms with Crippen LogP contribution in [0.5, 0.6) is 0 Å². The van der Waals surface area contributed by atoms with E-state index in [1.807, 2.05) is 24.3 Å². The number of rotatable bonds is 5. The van der Waals surface area contributed by atoms with Crippen molar-refractivity contribution in [3.63, 3.8) is 0 Å². The topological polar surface area (TPSA) is 71.0 Å². The molecule has 1 fully saturated rings. The molecule has 3 heterocycles. The molecule has 4 rings (SSSR count). The Bertz CT molecular complexity index is 1000. The normalized spacial score (nSPS) is 13.7. The molecule has 28 heavy (non-hydrogen) atoms. The molecule has 0 saturated carbocycles. The lowest BCUT2D eigenvalue weighted by atomic mass is 10.1. The van der Waals surface area contributed by atoms with E-state index in [4.69, 9.17) is 23.2 Å². The molecule has 3 aromatic rings. The Labute approximate surface area is 176 Å². The van der Waals surface area contributed by atoms with E-state index >= 15 is 0 Å². The molecule has 0 unspecified atom stereocenters. The molecule has 0 bridgehead atoms. The highest BCUT2D eigenvalue weighted by atomic mass is 35.5. The lowest BCUT2D eigenvalue weighted by Crippen LogP contribution is -2.23. The summed E-state index contributed by atoms with van der Waals surface area (Å²) in [6.07, 6.45) is 6.06. The highest BCUT2D eigenvalue weighted by Gasteiger charge is 2.20. The maximum absolute atomic E-state index is 12.7. The first-order valence-corrected chi connectivity index (χ1v) is 10.4. The number of anilines is 2. The lowest BCUT2D eigenvalue weighted by molar-refractivity contribution is 0.102. The van der Waals surface area contributed by atoms with Crippen molar-refractivity contribution in [2.45, 2.75) is 19.3 Å². The molecule has 0 radical (unpaired) electrons. The van der Waals surface area contributed by atoms with Gasteiger partial charge in [0.1, 0.15) is 0 Å². The summed E-state index contributed by atoms with van der Waals surface area (Å²) in [5.41, 5.74) is 1.17. The molecule has 0 aliphatic carbocycles. The van der Waals surface area contributed by atoms with E-state index in [2.05, 4.69) is 25.2 Å². The second-order valence-electron chi connectivity index (χ2n) is 6.41. The fraction of sp³-hybridized carbons (Fsp3) is 0.263. The molecule has 1 amide bonds. The number of hydrogen-bond acceptors (Lipinski definition) is 6. The first-order valence-electron chi connectivity index (χ1n) is 8.87. The van der Waals surface area contributed by atoms with Gasteiger partial charge in [-0.1, -0.05) is 41.4 Å². The molecule has 2 aromatic heterocycles. The summed E-state index contributed by atoms with van der Waals surface area (Å²) in [5, 5.41) is 4.20.